The SMILES string of the molecule is Cc1nc2ccccc2n1C1CC2CCC(C1)N2CCC1(c2cccc(F)c2)CCN(C(=O)C(C)(C)CNS(=O)(=O)C(C)C)CC1. The zero-order valence-electron chi connectivity index (χ0n) is 28.0. The van der Waals surface area contributed by atoms with Gasteiger partial charge in [0, 0.05) is 37.8 Å². The number of hydrogen-bond acceptors (Lipinski definition) is 5. The van der Waals surface area contributed by atoms with E-state index < -0.39 is 20.7 Å². The fraction of sp³-hybridized carbons (Fsp3) is 0.611. The summed E-state index contributed by atoms with van der Waals surface area (Å²) in [6.07, 6.45) is 7.06. The number of amides is 1. The first-order valence-corrected chi connectivity index (χ1v) is 18.6. The highest BCUT2D eigenvalue weighted by Gasteiger charge is 2.45. The molecule has 0 spiro atoms. The standard InChI is InChI=1S/C36H50FN5O3S/c1-25(2)46(44,45)38-24-35(4,5)34(43)40-18-15-36(16-19-40,27-9-8-10-28(37)21-27)17-20-41-29-13-14-30(41)23-31(22-29)42-26(3)39-32-11-6-7-12-33(32)42/h6-12,21,25,29-31,38H,13-20,22-24H2,1-5H3. The lowest BCUT2D eigenvalue weighted by Crippen LogP contribution is -2.53. The van der Waals surface area contributed by atoms with Crippen molar-refractivity contribution in [1.29, 1.82) is 0 Å². The normalized spacial score (nSPS) is 23.8. The third-order valence-electron chi connectivity index (χ3n) is 11.2. The maximum atomic E-state index is 14.6. The molecule has 8 nitrogen and oxygen atoms in total. The number of rotatable bonds is 10. The number of imidazole rings is 1. The summed E-state index contributed by atoms with van der Waals surface area (Å²) in [7, 11) is -3.47. The molecule has 1 aromatic heterocycles. The topological polar surface area (TPSA) is 87.5 Å². The number of hydrogen-bond donors (Lipinski definition) is 1. The van der Waals surface area contributed by atoms with Crippen LogP contribution in [0.3, 0.4) is 0 Å². The van der Waals surface area contributed by atoms with E-state index in [9.17, 15) is 17.6 Å². The number of sulfonamides is 1. The fourth-order valence-electron chi connectivity index (χ4n) is 8.38. The molecule has 0 saturated carbocycles. The zero-order valence-corrected chi connectivity index (χ0v) is 28.8. The third-order valence-corrected chi connectivity index (χ3v) is 13.0. The summed E-state index contributed by atoms with van der Waals surface area (Å²) in [5.41, 5.74) is 2.21. The Balaban J connectivity index is 1.15. The summed E-state index contributed by atoms with van der Waals surface area (Å²) < 4.78 is 44.4. The van der Waals surface area contributed by atoms with Gasteiger partial charge in [0.25, 0.3) is 0 Å². The fourth-order valence-corrected chi connectivity index (χ4v) is 9.28. The molecule has 3 saturated heterocycles. The lowest BCUT2D eigenvalue weighted by Gasteiger charge is -2.46. The quantitative estimate of drug-likeness (QED) is 0.293. The van der Waals surface area contributed by atoms with Crippen LogP contribution in [0.2, 0.25) is 0 Å². The number of carbonyl (C=O) groups excluding carboxylic acids is 1. The van der Waals surface area contributed by atoms with Crippen LogP contribution >= 0.6 is 0 Å². The van der Waals surface area contributed by atoms with Gasteiger partial charge in [-0.3, -0.25) is 9.69 Å². The van der Waals surface area contributed by atoms with Gasteiger partial charge in [0.05, 0.1) is 21.7 Å². The molecule has 0 aliphatic carbocycles. The molecule has 3 aromatic rings. The maximum Gasteiger partial charge on any atom is 0.229 e. The van der Waals surface area contributed by atoms with E-state index in [-0.39, 0.29) is 23.7 Å². The van der Waals surface area contributed by atoms with Gasteiger partial charge in [-0.15, -0.1) is 0 Å². The van der Waals surface area contributed by atoms with Crippen molar-refractivity contribution in [3.8, 4) is 0 Å². The molecule has 0 radical (unpaired) electrons. The minimum absolute atomic E-state index is 0.0470. The third kappa shape index (κ3) is 6.37. The number of likely N-dealkylation sites (tertiary alicyclic amines) is 1. The summed E-state index contributed by atoms with van der Waals surface area (Å²) in [6, 6.07) is 17.0. The van der Waals surface area contributed by atoms with E-state index in [1.54, 1.807) is 39.8 Å². The van der Waals surface area contributed by atoms with Gasteiger partial charge in [-0.1, -0.05) is 24.3 Å². The van der Waals surface area contributed by atoms with Gasteiger partial charge < -0.3 is 9.47 Å². The van der Waals surface area contributed by atoms with Crippen molar-refractivity contribution in [3.05, 3.63) is 65.7 Å². The number of aryl methyl sites for hydroxylation is 1. The van der Waals surface area contributed by atoms with Crippen molar-refractivity contribution >= 4 is 27.0 Å². The molecule has 1 amide bonds. The van der Waals surface area contributed by atoms with Crippen molar-refractivity contribution < 1.29 is 17.6 Å². The molecule has 3 aliphatic heterocycles. The van der Waals surface area contributed by atoms with Gasteiger partial charge in [0.15, 0.2) is 0 Å². The molecule has 250 valence electrons. The van der Waals surface area contributed by atoms with Gasteiger partial charge in [-0.25, -0.2) is 22.5 Å². The Morgan fingerprint density at radius 3 is 2.37 bits per heavy atom. The van der Waals surface area contributed by atoms with Crippen LogP contribution in [0, 0.1) is 18.2 Å². The first-order chi connectivity index (χ1) is 21.8. The highest BCUT2D eigenvalue weighted by Crippen LogP contribution is 2.45. The molecule has 6 rings (SSSR count). The number of piperidine rings is 2. The van der Waals surface area contributed by atoms with Gasteiger partial charge in [-0.2, -0.15) is 0 Å². The van der Waals surface area contributed by atoms with Crippen molar-refractivity contribution in [2.45, 2.75) is 108 Å². The molecular weight excluding hydrogens is 601 g/mol. The Kier molecular flexibility index (Phi) is 9.10. The number of nitrogens with zero attached hydrogens (tertiary/aromatic N) is 4. The Labute approximate surface area is 273 Å². The zero-order chi connectivity index (χ0) is 32.9. The average molecular weight is 652 g/mol. The van der Waals surface area contributed by atoms with E-state index in [1.807, 2.05) is 4.90 Å². The molecule has 46 heavy (non-hydrogen) atoms. The largest absolute Gasteiger partial charge is 0.342 e. The van der Waals surface area contributed by atoms with Crippen molar-refractivity contribution in [3.63, 3.8) is 0 Å². The average Bonchev–Trinajstić information content (AvgIpc) is 3.49. The molecule has 3 aliphatic rings. The van der Waals surface area contributed by atoms with E-state index in [2.05, 4.69) is 51.4 Å². The lowest BCUT2D eigenvalue weighted by atomic mass is 9.70. The van der Waals surface area contributed by atoms with Crippen LogP contribution in [0.4, 0.5) is 4.39 Å². The molecule has 4 heterocycles. The Morgan fingerprint density at radius 2 is 1.72 bits per heavy atom. The molecule has 2 atom stereocenters. The van der Waals surface area contributed by atoms with E-state index in [4.69, 9.17) is 4.98 Å². The van der Waals surface area contributed by atoms with Crippen LogP contribution in [0.25, 0.3) is 11.0 Å². The molecule has 2 bridgehead atoms. The summed E-state index contributed by atoms with van der Waals surface area (Å²) in [5, 5.41) is -0.559. The van der Waals surface area contributed by atoms with Crippen LogP contribution < -0.4 is 4.72 Å². The molecule has 2 aromatic carbocycles. The number of carbonyl (C=O) groups is 1. The van der Waals surface area contributed by atoms with Crippen LogP contribution in [0.1, 0.15) is 90.1 Å². The molecule has 10 heteroatoms. The second-order valence-electron chi connectivity index (χ2n) is 14.9. The van der Waals surface area contributed by atoms with E-state index in [0.29, 0.717) is 31.2 Å². The first kappa shape index (κ1) is 33.1. The number of halogens is 1. The van der Waals surface area contributed by atoms with Crippen LogP contribution in [-0.4, -0.2) is 77.2 Å². The number of fused-ring (bicyclic) bond motifs is 3. The minimum Gasteiger partial charge on any atom is -0.342 e. The van der Waals surface area contributed by atoms with Crippen LogP contribution in [0.15, 0.2) is 48.5 Å². The van der Waals surface area contributed by atoms with E-state index >= 15 is 0 Å². The Hall–Kier alpha value is -2.82. The predicted octanol–water partition coefficient (Wildman–Crippen LogP) is 5.96. The summed E-state index contributed by atoms with van der Waals surface area (Å²) in [6.45, 7) is 11.1. The molecule has 2 unspecified atom stereocenters. The second kappa shape index (κ2) is 12.7. The highest BCUT2D eigenvalue weighted by molar-refractivity contribution is 7.90. The number of aromatic nitrogens is 2. The van der Waals surface area contributed by atoms with Crippen LogP contribution in [0.5, 0.6) is 0 Å². The van der Waals surface area contributed by atoms with E-state index in [1.165, 1.54) is 24.4 Å². The predicted molar refractivity (Wildman–Crippen MR) is 181 cm³/mol. The van der Waals surface area contributed by atoms with Crippen molar-refractivity contribution in [2.75, 3.05) is 26.2 Å². The minimum atomic E-state index is -3.47. The summed E-state index contributed by atoms with van der Waals surface area (Å²) in [5.74, 6) is 0.818. The second-order valence-corrected chi connectivity index (χ2v) is 17.2. The summed E-state index contributed by atoms with van der Waals surface area (Å²) >= 11 is 0. The first-order valence-electron chi connectivity index (χ1n) is 17.0. The highest BCUT2D eigenvalue weighted by atomic mass is 32.2. The number of benzene rings is 2. The monoisotopic (exact) mass is 651 g/mol. The van der Waals surface area contributed by atoms with Gasteiger partial charge in [0.2, 0.25) is 15.9 Å². The van der Waals surface area contributed by atoms with Gasteiger partial charge >= 0.3 is 0 Å². The van der Waals surface area contributed by atoms with Gasteiger partial charge in [-0.05, 0) is 121 Å². The molecule has 1 N–H and O–H groups in total. The van der Waals surface area contributed by atoms with E-state index in [0.717, 1.165) is 55.6 Å². The van der Waals surface area contributed by atoms with Crippen LogP contribution in [-0.2, 0) is 20.2 Å². The lowest BCUT2D eigenvalue weighted by molar-refractivity contribution is -0.141. The number of nitrogens with one attached hydrogen (secondary N) is 1. The van der Waals surface area contributed by atoms with Crippen molar-refractivity contribution in [1.82, 2.24) is 24.1 Å². The van der Waals surface area contributed by atoms with Crippen molar-refractivity contribution in [2.24, 2.45) is 5.41 Å². The maximum absolute atomic E-state index is 14.6. The van der Waals surface area contributed by atoms with Gasteiger partial charge in [0.1, 0.15) is 11.6 Å². The summed E-state index contributed by atoms with van der Waals surface area (Å²) in [4.78, 5) is 23.1. The smallest absolute Gasteiger partial charge is 0.229 e. The number of para-hydroxylation sites is 2. The molecule has 3 fully saturated rings. The Morgan fingerprint density at radius 1 is 1.04 bits per heavy atom. The Bertz CT molecular complexity index is 1660. The molecular formula is C36H50FN5O3S.